The molecule has 1 saturated carbocycles. The molecular formula is C13H19FN2O. The van der Waals surface area contributed by atoms with Gasteiger partial charge in [-0.05, 0) is 43.7 Å². The van der Waals surface area contributed by atoms with Crippen LogP contribution in [0, 0.1) is 11.7 Å². The normalized spacial score (nSPS) is 29.0. The van der Waals surface area contributed by atoms with Gasteiger partial charge in [0, 0.05) is 12.7 Å². The first-order valence-electron chi connectivity index (χ1n) is 6.16. The third-order valence-corrected chi connectivity index (χ3v) is 3.55. The third-order valence-electron chi connectivity index (χ3n) is 3.55. The first kappa shape index (κ1) is 12.3. The summed E-state index contributed by atoms with van der Waals surface area (Å²) in [4.78, 5) is 3.91. The first-order valence-corrected chi connectivity index (χ1v) is 6.16. The molecule has 94 valence electrons. The number of aliphatic hydroxyl groups is 1. The van der Waals surface area contributed by atoms with Gasteiger partial charge in [-0.1, -0.05) is 6.92 Å². The average molecular weight is 238 g/mol. The van der Waals surface area contributed by atoms with Crippen LogP contribution in [0.1, 0.15) is 32.6 Å². The van der Waals surface area contributed by atoms with E-state index >= 15 is 0 Å². The molecular weight excluding hydrogens is 219 g/mol. The number of nitrogens with zero attached hydrogens (tertiary/aromatic N) is 1. The van der Waals surface area contributed by atoms with Crippen molar-refractivity contribution in [3.63, 3.8) is 0 Å². The molecule has 17 heavy (non-hydrogen) atoms. The van der Waals surface area contributed by atoms with Crippen LogP contribution in [-0.2, 0) is 0 Å². The zero-order chi connectivity index (χ0) is 12.3. The van der Waals surface area contributed by atoms with Crippen LogP contribution in [0.15, 0.2) is 18.3 Å². The van der Waals surface area contributed by atoms with Crippen LogP contribution in [0.25, 0.3) is 0 Å². The summed E-state index contributed by atoms with van der Waals surface area (Å²) in [5.41, 5.74) is -0.712. The zero-order valence-corrected chi connectivity index (χ0v) is 10.1. The Morgan fingerprint density at radius 3 is 2.88 bits per heavy atom. The molecule has 1 aliphatic rings. The number of halogens is 1. The van der Waals surface area contributed by atoms with Gasteiger partial charge in [0.2, 0.25) is 0 Å². The molecule has 0 radical (unpaired) electrons. The topological polar surface area (TPSA) is 45.1 Å². The second kappa shape index (κ2) is 5.00. The SMILES string of the molecule is CC1CCC(O)(CNc2ncccc2F)CC1. The molecule has 0 saturated heterocycles. The fourth-order valence-electron chi connectivity index (χ4n) is 2.24. The van der Waals surface area contributed by atoms with E-state index in [-0.39, 0.29) is 11.6 Å². The van der Waals surface area contributed by atoms with E-state index in [1.165, 1.54) is 6.07 Å². The highest BCUT2D eigenvalue weighted by molar-refractivity contribution is 5.35. The molecule has 0 aromatic carbocycles. The molecule has 0 atom stereocenters. The highest BCUT2D eigenvalue weighted by Gasteiger charge is 2.31. The molecule has 1 aromatic rings. The fourth-order valence-corrected chi connectivity index (χ4v) is 2.24. The summed E-state index contributed by atoms with van der Waals surface area (Å²) >= 11 is 0. The third kappa shape index (κ3) is 3.16. The lowest BCUT2D eigenvalue weighted by molar-refractivity contribution is 0.00490. The lowest BCUT2D eigenvalue weighted by Gasteiger charge is -2.35. The quantitative estimate of drug-likeness (QED) is 0.850. The predicted molar refractivity (Wildman–Crippen MR) is 65.3 cm³/mol. The molecule has 1 aromatic heterocycles. The number of nitrogens with one attached hydrogen (secondary N) is 1. The van der Waals surface area contributed by atoms with E-state index in [0.717, 1.165) is 25.7 Å². The van der Waals surface area contributed by atoms with Crippen molar-refractivity contribution in [2.75, 3.05) is 11.9 Å². The molecule has 0 spiro atoms. The minimum absolute atomic E-state index is 0.222. The minimum Gasteiger partial charge on any atom is -0.388 e. The van der Waals surface area contributed by atoms with Crippen LogP contribution in [0.2, 0.25) is 0 Å². The molecule has 0 amide bonds. The minimum atomic E-state index is -0.712. The standard InChI is InChI=1S/C13H19FN2O/c1-10-4-6-13(17,7-5-10)9-16-12-11(14)3-2-8-15-12/h2-3,8,10,17H,4-7,9H2,1H3,(H,15,16). The van der Waals surface area contributed by atoms with E-state index in [1.807, 2.05) is 0 Å². The number of rotatable bonds is 3. The predicted octanol–water partition coefficient (Wildman–Crippen LogP) is 2.57. The zero-order valence-electron chi connectivity index (χ0n) is 10.1. The monoisotopic (exact) mass is 238 g/mol. The molecule has 4 heteroatoms. The average Bonchev–Trinajstić information content (AvgIpc) is 2.33. The number of anilines is 1. The summed E-state index contributed by atoms with van der Waals surface area (Å²) in [6.07, 6.45) is 5.15. The second-order valence-corrected chi connectivity index (χ2v) is 5.09. The van der Waals surface area contributed by atoms with E-state index in [4.69, 9.17) is 0 Å². The van der Waals surface area contributed by atoms with Gasteiger partial charge < -0.3 is 10.4 Å². The summed E-state index contributed by atoms with van der Waals surface area (Å²) in [6.45, 7) is 2.57. The van der Waals surface area contributed by atoms with Crippen molar-refractivity contribution in [2.24, 2.45) is 5.92 Å². The number of pyridine rings is 1. The van der Waals surface area contributed by atoms with Gasteiger partial charge in [0.25, 0.3) is 0 Å². The smallest absolute Gasteiger partial charge is 0.165 e. The lowest BCUT2D eigenvalue weighted by Crippen LogP contribution is -2.40. The summed E-state index contributed by atoms with van der Waals surface area (Å²) < 4.78 is 13.3. The number of hydrogen-bond donors (Lipinski definition) is 2. The van der Waals surface area contributed by atoms with Crippen molar-refractivity contribution in [3.05, 3.63) is 24.1 Å². The first-order chi connectivity index (χ1) is 8.09. The molecule has 1 heterocycles. The maximum Gasteiger partial charge on any atom is 0.165 e. The van der Waals surface area contributed by atoms with Crippen LogP contribution in [0.5, 0.6) is 0 Å². The molecule has 0 aliphatic heterocycles. The van der Waals surface area contributed by atoms with Crippen LogP contribution in [0.3, 0.4) is 0 Å². The second-order valence-electron chi connectivity index (χ2n) is 5.09. The Morgan fingerprint density at radius 2 is 2.24 bits per heavy atom. The highest BCUT2D eigenvalue weighted by atomic mass is 19.1. The Morgan fingerprint density at radius 1 is 1.53 bits per heavy atom. The summed E-state index contributed by atoms with van der Waals surface area (Å²) in [6, 6.07) is 2.92. The Hall–Kier alpha value is -1.16. The summed E-state index contributed by atoms with van der Waals surface area (Å²) in [5, 5.41) is 13.2. The number of hydrogen-bond acceptors (Lipinski definition) is 3. The van der Waals surface area contributed by atoms with Gasteiger partial charge in [-0.15, -0.1) is 0 Å². The van der Waals surface area contributed by atoms with Crippen molar-refractivity contribution in [2.45, 2.75) is 38.2 Å². The molecule has 0 bridgehead atoms. The lowest BCUT2D eigenvalue weighted by atomic mass is 9.79. The van der Waals surface area contributed by atoms with Gasteiger partial charge in [-0.2, -0.15) is 0 Å². The maximum atomic E-state index is 13.3. The fraction of sp³-hybridized carbons (Fsp3) is 0.615. The summed E-state index contributed by atoms with van der Waals surface area (Å²) in [7, 11) is 0. The largest absolute Gasteiger partial charge is 0.388 e. The Balaban J connectivity index is 1.92. The van der Waals surface area contributed by atoms with Crippen molar-refractivity contribution >= 4 is 5.82 Å². The molecule has 1 fully saturated rings. The molecule has 1 aliphatic carbocycles. The van der Waals surface area contributed by atoms with Crippen LogP contribution in [-0.4, -0.2) is 22.2 Å². The number of aromatic nitrogens is 1. The molecule has 0 unspecified atom stereocenters. The maximum absolute atomic E-state index is 13.3. The van der Waals surface area contributed by atoms with Crippen molar-refractivity contribution in [1.29, 1.82) is 0 Å². The van der Waals surface area contributed by atoms with Gasteiger partial charge in [0.1, 0.15) is 0 Å². The van der Waals surface area contributed by atoms with E-state index < -0.39 is 5.60 Å². The molecule has 2 rings (SSSR count). The van der Waals surface area contributed by atoms with Crippen molar-refractivity contribution in [3.8, 4) is 0 Å². The summed E-state index contributed by atoms with van der Waals surface area (Å²) in [5.74, 6) is 0.529. The molecule has 3 nitrogen and oxygen atoms in total. The van der Waals surface area contributed by atoms with Crippen molar-refractivity contribution in [1.82, 2.24) is 4.98 Å². The van der Waals surface area contributed by atoms with Crippen LogP contribution in [0.4, 0.5) is 10.2 Å². The van der Waals surface area contributed by atoms with Crippen LogP contribution >= 0.6 is 0 Å². The van der Waals surface area contributed by atoms with Gasteiger partial charge in [-0.3, -0.25) is 0 Å². The van der Waals surface area contributed by atoms with Gasteiger partial charge >= 0.3 is 0 Å². The Bertz CT molecular complexity index is 375. The van der Waals surface area contributed by atoms with Crippen molar-refractivity contribution < 1.29 is 9.50 Å². The van der Waals surface area contributed by atoms with E-state index in [9.17, 15) is 9.50 Å². The Labute approximate surface area is 101 Å². The van der Waals surface area contributed by atoms with Gasteiger partial charge in [0.05, 0.1) is 5.60 Å². The molecule has 2 N–H and O–H groups in total. The van der Waals surface area contributed by atoms with E-state index in [0.29, 0.717) is 12.5 Å². The Kier molecular flexibility index (Phi) is 3.62. The highest BCUT2D eigenvalue weighted by Crippen LogP contribution is 2.31. The van der Waals surface area contributed by atoms with Gasteiger partial charge in [-0.25, -0.2) is 9.37 Å². The van der Waals surface area contributed by atoms with E-state index in [2.05, 4.69) is 17.2 Å². The van der Waals surface area contributed by atoms with E-state index in [1.54, 1.807) is 12.3 Å². The van der Waals surface area contributed by atoms with Gasteiger partial charge in [0.15, 0.2) is 11.6 Å². The van der Waals surface area contributed by atoms with Crippen LogP contribution < -0.4 is 5.32 Å².